The second kappa shape index (κ2) is 10.4. The molecule has 0 atom stereocenters. The first kappa shape index (κ1) is 22.1. The zero-order chi connectivity index (χ0) is 22.2. The lowest BCUT2D eigenvalue weighted by Crippen LogP contribution is -2.15. The van der Waals surface area contributed by atoms with Gasteiger partial charge in [-0.25, -0.2) is 0 Å². The van der Waals surface area contributed by atoms with E-state index in [0.29, 0.717) is 33.6 Å². The molecule has 8 nitrogen and oxygen atoms in total. The van der Waals surface area contributed by atoms with Crippen molar-refractivity contribution in [2.45, 2.75) is 11.9 Å². The molecule has 3 aromatic rings. The minimum Gasteiger partial charge on any atom is -0.497 e. The molecule has 0 aliphatic heterocycles. The Morgan fingerprint density at radius 3 is 2.35 bits per heavy atom. The maximum atomic E-state index is 12.3. The van der Waals surface area contributed by atoms with Crippen molar-refractivity contribution in [1.82, 2.24) is 10.2 Å². The third-order valence-electron chi connectivity index (χ3n) is 4.23. The van der Waals surface area contributed by atoms with Gasteiger partial charge in [-0.2, -0.15) is 0 Å². The Morgan fingerprint density at radius 2 is 1.71 bits per heavy atom. The van der Waals surface area contributed by atoms with Crippen LogP contribution in [0.25, 0.3) is 0 Å². The van der Waals surface area contributed by atoms with Gasteiger partial charge in [-0.1, -0.05) is 29.5 Å². The van der Waals surface area contributed by atoms with E-state index in [0.717, 1.165) is 5.56 Å². The Labute approximate surface area is 184 Å². The smallest absolute Gasteiger partial charge is 0.256 e. The van der Waals surface area contributed by atoms with Crippen LogP contribution in [0.4, 0.5) is 11.5 Å². The molecule has 9 heteroatoms. The highest BCUT2D eigenvalue weighted by Crippen LogP contribution is 2.29. The third-order valence-corrected chi connectivity index (χ3v) is 5.15. The average molecular weight is 439 g/mol. The van der Waals surface area contributed by atoms with Crippen molar-refractivity contribution < 1.29 is 19.1 Å². The largest absolute Gasteiger partial charge is 0.497 e. The van der Waals surface area contributed by atoms with Crippen molar-refractivity contribution in [3.8, 4) is 11.5 Å². The van der Waals surface area contributed by atoms with E-state index in [4.69, 9.17) is 9.47 Å². The first-order valence-corrected chi connectivity index (χ1v) is 10.3. The molecule has 0 unspecified atom stereocenters. The van der Waals surface area contributed by atoms with Gasteiger partial charge < -0.3 is 20.1 Å². The van der Waals surface area contributed by atoms with Gasteiger partial charge in [-0.05, 0) is 43.3 Å². The van der Waals surface area contributed by atoms with Gasteiger partial charge in [-0.3, -0.25) is 9.59 Å². The lowest BCUT2D eigenvalue weighted by atomic mass is 10.1. The van der Waals surface area contributed by atoms with Crippen LogP contribution < -0.4 is 20.1 Å². The number of ether oxygens (including phenoxy) is 2. The number of carbonyl (C=O) groups excluding carboxylic acids is 2. The van der Waals surface area contributed by atoms with Crippen LogP contribution in [-0.2, 0) is 4.79 Å². The summed E-state index contributed by atoms with van der Waals surface area (Å²) in [6.07, 6.45) is 0. The topological polar surface area (TPSA) is 102 Å². The number of amides is 2. The number of benzene rings is 2. The van der Waals surface area contributed by atoms with Crippen LogP contribution in [-0.4, -0.2) is 42.0 Å². The summed E-state index contributed by atoms with van der Waals surface area (Å²) in [7, 11) is 3.08. The summed E-state index contributed by atoms with van der Waals surface area (Å²) in [5, 5.41) is 14.1. The molecule has 0 fully saturated rings. The summed E-state index contributed by atoms with van der Waals surface area (Å²) >= 11 is 1.23. The van der Waals surface area contributed by atoms with E-state index in [9.17, 15) is 9.59 Å². The minimum absolute atomic E-state index is 0.129. The molecule has 3 rings (SSSR count). The number of hydrogen-bond donors (Lipinski definition) is 2. The number of rotatable bonds is 8. The quantitative estimate of drug-likeness (QED) is 0.516. The van der Waals surface area contributed by atoms with Crippen LogP contribution in [0.5, 0.6) is 11.5 Å². The van der Waals surface area contributed by atoms with Crippen LogP contribution in [0, 0.1) is 6.92 Å². The van der Waals surface area contributed by atoms with Crippen molar-refractivity contribution >= 4 is 35.1 Å². The Hall–Kier alpha value is -3.59. The first-order chi connectivity index (χ1) is 15.0. The SMILES string of the molecule is COc1ccc(OC)c(NC(=O)CSc2ccc(NC(=O)c3ccc(C)cc3)nn2)c1. The molecule has 1 heterocycles. The summed E-state index contributed by atoms with van der Waals surface area (Å²) in [6, 6.07) is 15.7. The average Bonchev–Trinajstić information content (AvgIpc) is 2.79. The van der Waals surface area contributed by atoms with E-state index >= 15 is 0 Å². The maximum absolute atomic E-state index is 12.3. The van der Waals surface area contributed by atoms with E-state index in [1.807, 2.05) is 19.1 Å². The number of methoxy groups -OCH3 is 2. The number of hydrogen-bond acceptors (Lipinski definition) is 7. The standard InChI is InChI=1S/C22H22N4O4S/c1-14-4-6-15(7-5-14)22(28)24-19-10-11-21(26-25-19)31-13-20(27)23-17-12-16(29-2)8-9-18(17)30-3/h4-12H,13H2,1-3H3,(H,23,27)(H,24,25,28). The van der Waals surface area contributed by atoms with Gasteiger partial charge in [0.2, 0.25) is 5.91 Å². The van der Waals surface area contributed by atoms with E-state index in [2.05, 4.69) is 20.8 Å². The molecule has 0 saturated carbocycles. The normalized spacial score (nSPS) is 10.3. The highest BCUT2D eigenvalue weighted by molar-refractivity contribution is 7.99. The van der Waals surface area contributed by atoms with E-state index in [1.54, 1.807) is 49.6 Å². The molecule has 0 spiro atoms. The van der Waals surface area contributed by atoms with Gasteiger partial charge in [0.25, 0.3) is 5.91 Å². The fourth-order valence-corrected chi connectivity index (χ4v) is 3.21. The predicted octanol–water partition coefficient (Wildman–Crippen LogP) is 3.79. The van der Waals surface area contributed by atoms with Crippen LogP contribution in [0.15, 0.2) is 59.6 Å². The van der Waals surface area contributed by atoms with Crippen LogP contribution in [0.3, 0.4) is 0 Å². The molecule has 2 N–H and O–H groups in total. The molecular weight excluding hydrogens is 416 g/mol. The minimum atomic E-state index is -0.263. The van der Waals surface area contributed by atoms with E-state index in [1.165, 1.54) is 18.9 Å². The highest BCUT2D eigenvalue weighted by Gasteiger charge is 2.11. The van der Waals surface area contributed by atoms with Crippen molar-refractivity contribution in [1.29, 1.82) is 0 Å². The molecule has 0 bridgehead atoms. The summed E-state index contributed by atoms with van der Waals surface area (Å²) in [6.45, 7) is 1.96. The molecule has 0 aliphatic rings. The summed E-state index contributed by atoms with van der Waals surface area (Å²) < 4.78 is 10.4. The molecular formula is C22H22N4O4S. The molecule has 2 aromatic carbocycles. The van der Waals surface area contributed by atoms with Crippen molar-refractivity contribution in [2.75, 3.05) is 30.6 Å². The Balaban J connectivity index is 1.54. The van der Waals surface area contributed by atoms with Gasteiger partial charge in [0.05, 0.1) is 25.7 Å². The number of aromatic nitrogens is 2. The Bertz CT molecular complexity index is 1060. The summed E-state index contributed by atoms with van der Waals surface area (Å²) in [4.78, 5) is 24.6. The van der Waals surface area contributed by atoms with E-state index in [-0.39, 0.29) is 17.6 Å². The lowest BCUT2D eigenvalue weighted by Gasteiger charge is -2.11. The van der Waals surface area contributed by atoms with Gasteiger partial charge in [0.15, 0.2) is 5.82 Å². The maximum Gasteiger partial charge on any atom is 0.256 e. The van der Waals surface area contributed by atoms with Crippen LogP contribution in [0.1, 0.15) is 15.9 Å². The summed E-state index contributed by atoms with van der Waals surface area (Å²) in [5.74, 6) is 1.12. The molecule has 0 aliphatic carbocycles. The monoisotopic (exact) mass is 438 g/mol. The Morgan fingerprint density at radius 1 is 0.935 bits per heavy atom. The Kier molecular flexibility index (Phi) is 7.45. The number of thioether (sulfide) groups is 1. The molecule has 1 aromatic heterocycles. The van der Waals surface area contributed by atoms with Gasteiger partial charge in [0.1, 0.15) is 16.5 Å². The summed E-state index contributed by atoms with van der Waals surface area (Å²) in [5.41, 5.74) is 2.13. The van der Waals surface area contributed by atoms with Crippen molar-refractivity contribution in [2.24, 2.45) is 0 Å². The number of nitrogens with zero attached hydrogens (tertiary/aromatic N) is 2. The zero-order valence-electron chi connectivity index (χ0n) is 17.3. The zero-order valence-corrected chi connectivity index (χ0v) is 18.2. The highest BCUT2D eigenvalue weighted by atomic mass is 32.2. The van der Waals surface area contributed by atoms with E-state index < -0.39 is 0 Å². The van der Waals surface area contributed by atoms with Gasteiger partial charge >= 0.3 is 0 Å². The second-order valence-electron chi connectivity index (χ2n) is 6.48. The molecule has 2 amide bonds. The number of carbonyl (C=O) groups is 2. The predicted molar refractivity (Wildman–Crippen MR) is 120 cm³/mol. The molecule has 0 saturated heterocycles. The van der Waals surface area contributed by atoms with Gasteiger partial charge in [-0.15, -0.1) is 10.2 Å². The van der Waals surface area contributed by atoms with Crippen molar-refractivity contribution in [3.63, 3.8) is 0 Å². The molecule has 160 valence electrons. The fraction of sp³-hybridized carbons (Fsp3) is 0.182. The molecule has 31 heavy (non-hydrogen) atoms. The lowest BCUT2D eigenvalue weighted by molar-refractivity contribution is -0.113. The van der Waals surface area contributed by atoms with Crippen molar-refractivity contribution in [3.05, 3.63) is 65.7 Å². The number of nitrogens with one attached hydrogen (secondary N) is 2. The van der Waals surface area contributed by atoms with Gasteiger partial charge in [0, 0.05) is 11.6 Å². The van der Waals surface area contributed by atoms with Crippen LogP contribution >= 0.6 is 11.8 Å². The number of anilines is 2. The van der Waals surface area contributed by atoms with Crippen LogP contribution in [0.2, 0.25) is 0 Å². The molecule has 0 radical (unpaired) electrons. The fourth-order valence-electron chi connectivity index (χ4n) is 2.59. The number of aryl methyl sites for hydroxylation is 1. The third kappa shape index (κ3) is 6.19. The second-order valence-corrected chi connectivity index (χ2v) is 7.48. The first-order valence-electron chi connectivity index (χ1n) is 9.35.